The maximum absolute atomic E-state index is 12.1. The lowest BCUT2D eigenvalue weighted by Gasteiger charge is -2.11. The van der Waals surface area contributed by atoms with Crippen LogP contribution in [-0.4, -0.2) is 6.67 Å². The Labute approximate surface area is 201 Å². The molecule has 0 aromatic heterocycles. The quantitative estimate of drug-likeness (QED) is 0.278. The number of halogens is 1. The van der Waals surface area contributed by atoms with Crippen LogP contribution in [0.5, 0.6) is 0 Å². The van der Waals surface area contributed by atoms with Crippen molar-refractivity contribution in [3.05, 3.63) is 112 Å². The smallest absolute Gasteiger partial charge is 0.111 e. The average molecular weight is 443 g/mol. The van der Waals surface area contributed by atoms with Gasteiger partial charge in [0, 0.05) is 0 Å². The van der Waals surface area contributed by atoms with E-state index >= 15 is 0 Å². The van der Waals surface area contributed by atoms with Gasteiger partial charge in [0.1, 0.15) is 6.67 Å². The second-order valence-corrected chi connectivity index (χ2v) is 8.45. The van der Waals surface area contributed by atoms with E-state index in [1.165, 1.54) is 47.1 Å². The molecular formula is C32H39F. The Kier molecular flexibility index (Phi) is 12.6. The Morgan fingerprint density at radius 1 is 1.09 bits per heavy atom. The molecule has 0 radical (unpaired) electrons. The Hall–Kier alpha value is -3.11. The van der Waals surface area contributed by atoms with E-state index in [1.54, 1.807) is 12.2 Å². The molecule has 0 N–H and O–H groups in total. The summed E-state index contributed by atoms with van der Waals surface area (Å²) in [7, 11) is 0. The summed E-state index contributed by atoms with van der Waals surface area (Å²) < 4.78 is 12.1. The van der Waals surface area contributed by atoms with Gasteiger partial charge in [0.05, 0.1) is 0 Å². The molecule has 174 valence electrons. The average Bonchev–Trinajstić information content (AvgIpc) is 3.29. The second kappa shape index (κ2) is 14.9. The lowest BCUT2D eigenvalue weighted by Crippen LogP contribution is -1.90. The van der Waals surface area contributed by atoms with Crippen LogP contribution in [0.1, 0.15) is 64.5 Å². The van der Waals surface area contributed by atoms with E-state index in [-0.39, 0.29) is 6.67 Å². The Morgan fingerprint density at radius 2 is 1.79 bits per heavy atom. The summed E-state index contributed by atoms with van der Waals surface area (Å²) in [6.07, 6.45) is 19.3. The highest BCUT2D eigenvalue weighted by Gasteiger charge is 2.18. The van der Waals surface area contributed by atoms with Gasteiger partial charge in [-0.2, -0.15) is 0 Å². The standard InChI is InChI=1S/C22H26.C10H13F/c1-16(2)17(3)11-8-12-19(5)21-14-9-15-22(21)20-13-7-6-10-18(20)4;1-4-9(3)6-7-10(5-2)8-11/h6-8,10-13H,1,3,9,14-15H2,2,4-5H3;1,6-7H,5,8H2,2-3H3/b11-8-,19-12+;9-6-,10-7-. The summed E-state index contributed by atoms with van der Waals surface area (Å²) in [6, 6.07) is 8.71. The van der Waals surface area contributed by atoms with Gasteiger partial charge in [-0.05, 0) is 97.9 Å². The van der Waals surface area contributed by atoms with Crippen molar-refractivity contribution in [1.29, 1.82) is 0 Å². The van der Waals surface area contributed by atoms with E-state index in [9.17, 15) is 4.39 Å². The maximum Gasteiger partial charge on any atom is 0.111 e. The third-order valence-electron chi connectivity index (χ3n) is 5.78. The molecule has 2 rings (SSSR count). The summed E-state index contributed by atoms with van der Waals surface area (Å²) in [6.45, 7) is 17.7. The molecule has 1 heteroatoms. The Bertz CT molecular complexity index is 1020. The van der Waals surface area contributed by atoms with Crippen LogP contribution in [0.2, 0.25) is 0 Å². The number of terminal acetylenes is 1. The van der Waals surface area contributed by atoms with Crippen molar-refractivity contribution in [2.75, 3.05) is 6.67 Å². The van der Waals surface area contributed by atoms with Gasteiger partial charge in [0.25, 0.3) is 0 Å². The largest absolute Gasteiger partial charge is 0.246 e. The van der Waals surface area contributed by atoms with Gasteiger partial charge in [0.2, 0.25) is 0 Å². The lowest BCUT2D eigenvalue weighted by molar-refractivity contribution is 0.535. The van der Waals surface area contributed by atoms with Crippen LogP contribution < -0.4 is 0 Å². The molecule has 1 aliphatic carbocycles. The fourth-order valence-electron chi connectivity index (χ4n) is 3.49. The molecule has 1 aromatic rings. The molecule has 0 saturated carbocycles. The van der Waals surface area contributed by atoms with Crippen LogP contribution in [0.4, 0.5) is 4.39 Å². The molecule has 0 saturated heterocycles. The zero-order valence-electron chi connectivity index (χ0n) is 21.1. The first-order valence-electron chi connectivity index (χ1n) is 11.6. The number of hydrogen-bond acceptors (Lipinski definition) is 0. The number of alkyl halides is 1. The van der Waals surface area contributed by atoms with E-state index in [0.29, 0.717) is 0 Å². The van der Waals surface area contributed by atoms with Crippen LogP contribution in [0.3, 0.4) is 0 Å². The van der Waals surface area contributed by atoms with Crippen molar-refractivity contribution in [2.24, 2.45) is 0 Å². The molecule has 0 heterocycles. The number of hydrogen-bond donors (Lipinski definition) is 0. The van der Waals surface area contributed by atoms with Gasteiger partial charge in [-0.25, -0.2) is 4.39 Å². The SMILES string of the molecule is C#C/C(C)=C\C=C(\CC)CF.C=C(C)C(=C)/C=C\C=C(/C)C1=C(c2ccccc2C)CCC1. The van der Waals surface area contributed by atoms with Gasteiger partial charge >= 0.3 is 0 Å². The molecule has 0 spiro atoms. The van der Waals surface area contributed by atoms with Crippen LogP contribution in [0.15, 0.2) is 101 Å². The van der Waals surface area contributed by atoms with Gasteiger partial charge in [-0.1, -0.05) is 86.2 Å². The van der Waals surface area contributed by atoms with Crippen molar-refractivity contribution in [1.82, 2.24) is 0 Å². The Morgan fingerprint density at radius 3 is 2.36 bits per heavy atom. The van der Waals surface area contributed by atoms with Crippen LogP contribution in [0.25, 0.3) is 5.57 Å². The van der Waals surface area contributed by atoms with E-state index in [1.807, 2.05) is 26.8 Å². The van der Waals surface area contributed by atoms with Gasteiger partial charge < -0.3 is 0 Å². The summed E-state index contributed by atoms with van der Waals surface area (Å²) in [5.74, 6) is 2.46. The fraction of sp³-hybridized carbons (Fsp3) is 0.312. The predicted molar refractivity (Wildman–Crippen MR) is 146 cm³/mol. The molecule has 0 fully saturated rings. The zero-order chi connectivity index (χ0) is 24.8. The molecule has 0 aliphatic heterocycles. The number of benzene rings is 1. The van der Waals surface area contributed by atoms with Crippen molar-refractivity contribution in [3.8, 4) is 12.3 Å². The topological polar surface area (TPSA) is 0 Å². The van der Waals surface area contributed by atoms with Gasteiger partial charge in [-0.15, -0.1) is 6.42 Å². The minimum absolute atomic E-state index is 0.384. The highest BCUT2D eigenvalue weighted by molar-refractivity contribution is 5.76. The normalized spacial score (nSPS) is 14.8. The first-order valence-corrected chi connectivity index (χ1v) is 11.6. The van der Waals surface area contributed by atoms with Gasteiger partial charge in [0.15, 0.2) is 0 Å². The molecule has 0 nitrogen and oxygen atoms in total. The molecule has 0 atom stereocenters. The highest BCUT2D eigenvalue weighted by atomic mass is 19.1. The zero-order valence-corrected chi connectivity index (χ0v) is 21.1. The molecule has 1 aliphatic rings. The minimum Gasteiger partial charge on any atom is -0.246 e. The summed E-state index contributed by atoms with van der Waals surface area (Å²) >= 11 is 0. The predicted octanol–water partition coefficient (Wildman–Crippen LogP) is 9.44. The van der Waals surface area contributed by atoms with Crippen LogP contribution >= 0.6 is 0 Å². The minimum atomic E-state index is -0.384. The third-order valence-corrected chi connectivity index (χ3v) is 5.78. The first-order chi connectivity index (χ1) is 15.7. The summed E-state index contributed by atoms with van der Waals surface area (Å²) in [4.78, 5) is 0. The number of rotatable bonds is 8. The molecule has 33 heavy (non-hydrogen) atoms. The summed E-state index contributed by atoms with van der Waals surface area (Å²) in [5, 5.41) is 0. The second-order valence-electron chi connectivity index (χ2n) is 8.45. The molecule has 0 unspecified atom stereocenters. The van der Waals surface area contributed by atoms with E-state index in [4.69, 9.17) is 6.42 Å². The summed E-state index contributed by atoms with van der Waals surface area (Å²) in [5.41, 5.74) is 10.8. The first kappa shape index (κ1) is 27.9. The molecule has 0 amide bonds. The van der Waals surface area contributed by atoms with E-state index in [2.05, 4.69) is 69.3 Å². The van der Waals surface area contributed by atoms with Crippen molar-refractivity contribution in [3.63, 3.8) is 0 Å². The maximum atomic E-state index is 12.1. The van der Waals surface area contributed by atoms with Crippen molar-refractivity contribution >= 4 is 5.57 Å². The molecular weight excluding hydrogens is 403 g/mol. The highest BCUT2D eigenvalue weighted by Crippen LogP contribution is 2.38. The molecule has 1 aromatic carbocycles. The third kappa shape index (κ3) is 9.50. The monoisotopic (exact) mass is 442 g/mol. The molecule has 0 bridgehead atoms. The Balaban J connectivity index is 0.000000420. The van der Waals surface area contributed by atoms with Gasteiger partial charge in [-0.3, -0.25) is 0 Å². The van der Waals surface area contributed by atoms with Crippen LogP contribution in [-0.2, 0) is 0 Å². The number of allylic oxidation sites excluding steroid dienone is 12. The lowest BCUT2D eigenvalue weighted by atomic mass is 9.94. The van der Waals surface area contributed by atoms with Crippen molar-refractivity contribution in [2.45, 2.75) is 60.3 Å². The van der Waals surface area contributed by atoms with E-state index in [0.717, 1.165) is 28.7 Å². The van der Waals surface area contributed by atoms with Crippen LogP contribution in [0, 0.1) is 19.3 Å². The van der Waals surface area contributed by atoms with E-state index < -0.39 is 0 Å². The van der Waals surface area contributed by atoms with Crippen molar-refractivity contribution < 1.29 is 4.39 Å². The fourth-order valence-corrected chi connectivity index (χ4v) is 3.49. The number of aryl methyl sites for hydroxylation is 1.